The van der Waals surface area contributed by atoms with Crippen LogP contribution in [0.5, 0.6) is 0 Å². The average Bonchev–Trinajstić information content (AvgIpc) is 3.24. The molecule has 2 heterocycles. The lowest BCUT2D eigenvalue weighted by molar-refractivity contribution is -0.118. The highest BCUT2D eigenvalue weighted by Crippen LogP contribution is 2.33. The number of thioether (sulfide) groups is 1. The monoisotopic (exact) mass is 459 g/mol. The molecule has 2 aromatic heterocycles. The Bertz CT molecular complexity index is 1240. The topological polar surface area (TPSA) is 72.7 Å². The minimum atomic E-state index is 0.00295. The fourth-order valence-electron chi connectivity index (χ4n) is 3.68. The molecule has 6 nitrogen and oxygen atoms in total. The van der Waals surface area contributed by atoms with Crippen LogP contribution in [0.4, 0.5) is 0 Å². The molecule has 0 bridgehead atoms. The Hall–Kier alpha value is -3.19. The zero-order chi connectivity index (χ0) is 23.2. The summed E-state index contributed by atoms with van der Waals surface area (Å²) in [6, 6.07) is 20.4. The van der Waals surface area contributed by atoms with Crippen molar-refractivity contribution in [2.45, 2.75) is 38.9 Å². The molecule has 33 heavy (non-hydrogen) atoms. The summed E-state index contributed by atoms with van der Waals surface area (Å²) in [5, 5.41) is 13.7. The smallest absolute Gasteiger partial charge is 0.230 e. The molecule has 0 radical (unpaired) electrons. The lowest BCUT2D eigenvalue weighted by atomic mass is 10.0. The van der Waals surface area contributed by atoms with E-state index >= 15 is 0 Å². The number of amides is 1. The largest absolute Gasteiger partial charge is 0.356 e. The fourth-order valence-corrected chi connectivity index (χ4v) is 4.47. The van der Waals surface area contributed by atoms with Gasteiger partial charge in [-0.2, -0.15) is 0 Å². The van der Waals surface area contributed by atoms with Gasteiger partial charge in [-0.15, -0.1) is 10.2 Å². The molecule has 0 saturated carbocycles. The van der Waals surface area contributed by atoms with Gasteiger partial charge in [0, 0.05) is 29.6 Å². The Morgan fingerprint density at radius 1 is 1.06 bits per heavy atom. The fraction of sp³-hybridized carbons (Fsp3) is 0.308. The van der Waals surface area contributed by atoms with Crippen LogP contribution >= 0.6 is 11.8 Å². The quantitative estimate of drug-likeness (QED) is 0.338. The molecule has 4 rings (SSSR count). The van der Waals surface area contributed by atoms with Crippen molar-refractivity contribution in [3.05, 3.63) is 60.7 Å². The van der Waals surface area contributed by atoms with Crippen LogP contribution in [0, 0.1) is 5.92 Å². The average molecular weight is 460 g/mol. The highest BCUT2D eigenvalue weighted by molar-refractivity contribution is 7.99. The summed E-state index contributed by atoms with van der Waals surface area (Å²) in [4.78, 5) is 17.0. The maximum absolute atomic E-state index is 12.0. The number of pyridine rings is 1. The van der Waals surface area contributed by atoms with E-state index in [1.165, 1.54) is 11.8 Å². The van der Waals surface area contributed by atoms with Gasteiger partial charge in [-0.05, 0) is 31.4 Å². The molecule has 2 aromatic carbocycles. The van der Waals surface area contributed by atoms with Gasteiger partial charge in [0.05, 0.1) is 17.0 Å². The summed E-state index contributed by atoms with van der Waals surface area (Å²) in [6.07, 6.45) is 0.994. The van der Waals surface area contributed by atoms with Crippen molar-refractivity contribution in [3.63, 3.8) is 0 Å². The Balaban J connectivity index is 1.81. The minimum Gasteiger partial charge on any atom is -0.356 e. The maximum Gasteiger partial charge on any atom is 0.230 e. The minimum absolute atomic E-state index is 0.00295. The third-order valence-corrected chi connectivity index (χ3v) is 6.35. The molecule has 0 aliphatic rings. The van der Waals surface area contributed by atoms with Crippen LogP contribution in [0.3, 0.4) is 0 Å². The molecule has 170 valence electrons. The van der Waals surface area contributed by atoms with Crippen LogP contribution in [0.2, 0.25) is 0 Å². The lowest BCUT2D eigenvalue weighted by Crippen LogP contribution is -2.24. The van der Waals surface area contributed by atoms with Crippen molar-refractivity contribution in [1.29, 1.82) is 0 Å². The van der Waals surface area contributed by atoms with Crippen LogP contribution in [-0.4, -0.2) is 38.0 Å². The number of carbonyl (C=O) groups is 1. The van der Waals surface area contributed by atoms with Gasteiger partial charge in [0.2, 0.25) is 5.91 Å². The van der Waals surface area contributed by atoms with Crippen LogP contribution < -0.4 is 5.32 Å². The Morgan fingerprint density at radius 2 is 1.82 bits per heavy atom. The highest BCUT2D eigenvalue weighted by Gasteiger charge is 2.19. The number of hydrogen-bond acceptors (Lipinski definition) is 5. The predicted octanol–water partition coefficient (Wildman–Crippen LogP) is 5.43. The third-order valence-electron chi connectivity index (χ3n) is 5.38. The molecule has 7 heteroatoms. The zero-order valence-electron chi connectivity index (χ0n) is 19.3. The molecular weight excluding hydrogens is 430 g/mol. The van der Waals surface area contributed by atoms with Gasteiger partial charge in [0.1, 0.15) is 0 Å². The summed E-state index contributed by atoms with van der Waals surface area (Å²) < 4.78 is 2.15. The van der Waals surface area contributed by atoms with Gasteiger partial charge < -0.3 is 9.88 Å². The molecule has 0 unspecified atom stereocenters. The number of nitrogens with one attached hydrogen (secondary N) is 1. The number of rotatable bonds is 9. The Morgan fingerprint density at radius 3 is 2.58 bits per heavy atom. The highest BCUT2D eigenvalue weighted by atomic mass is 32.2. The molecule has 0 fully saturated rings. The first kappa shape index (κ1) is 23.0. The first-order valence-electron chi connectivity index (χ1n) is 11.3. The SMILES string of the molecule is CCNC(=O)CSc1nnc(-c2cc(-c3ccccc3)nc3ccccc23)n1CCC(C)C. The van der Waals surface area contributed by atoms with E-state index in [4.69, 9.17) is 4.98 Å². The van der Waals surface area contributed by atoms with Gasteiger partial charge in [0.15, 0.2) is 11.0 Å². The molecule has 1 amide bonds. The number of carbonyl (C=O) groups excluding carboxylic acids is 1. The lowest BCUT2D eigenvalue weighted by Gasteiger charge is -2.14. The second-order valence-corrected chi connectivity index (χ2v) is 9.26. The number of para-hydroxylation sites is 1. The van der Waals surface area contributed by atoms with Crippen molar-refractivity contribution in [2.75, 3.05) is 12.3 Å². The van der Waals surface area contributed by atoms with E-state index in [0.29, 0.717) is 18.2 Å². The van der Waals surface area contributed by atoms with E-state index in [2.05, 4.69) is 58.2 Å². The number of hydrogen-bond donors (Lipinski definition) is 1. The standard InChI is InChI=1S/C26H29N5OS/c1-4-27-24(32)17-33-26-30-29-25(31(26)15-14-18(2)3)21-16-23(19-10-6-5-7-11-19)28-22-13-9-8-12-20(21)22/h5-13,16,18H,4,14-15,17H2,1-3H3,(H,27,32). The van der Waals surface area contributed by atoms with Gasteiger partial charge in [0.25, 0.3) is 0 Å². The van der Waals surface area contributed by atoms with E-state index in [1.807, 2.05) is 43.3 Å². The first-order valence-corrected chi connectivity index (χ1v) is 12.3. The summed E-state index contributed by atoms with van der Waals surface area (Å²) in [5.74, 6) is 1.67. The number of aromatic nitrogens is 4. The van der Waals surface area contributed by atoms with Gasteiger partial charge in [-0.25, -0.2) is 4.98 Å². The molecular formula is C26H29N5OS. The molecule has 0 atom stereocenters. The molecule has 4 aromatic rings. The predicted molar refractivity (Wildman–Crippen MR) is 135 cm³/mol. The van der Waals surface area contributed by atoms with E-state index in [-0.39, 0.29) is 5.91 Å². The van der Waals surface area contributed by atoms with Gasteiger partial charge in [-0.1, -0.05) is 74.1 Å². The van der Waals surface area contributed by atoms with Crippen molar-refractivity contribution in [3.8, 4) is 22.6 Å². The van der Waals surface area contributed by atoms with E-state index in [1.54, 1.807) is 0 Å². The van der Waals surface area contributed by atoms with Crippen LogP contribution in [0.1, 0.15) is 27.2 Å². The van der Waals surface area contributed by atoms with E-state index < -0.39 is 0 Å². The summed E-state index contributed by atoms with van der Waals surface area (Å²) in [6.45, 7) is 7.75. The Labute approximate surface area is 198 Å². The normalized spacial score (nSPS) is 11.3. The number of fused-ring (bicyclic) bond motifs is 1. The molecule has 0 saturated heterocycles. The number of benzene rings is 2. The molecule has 0 aliphatic heterocycles. The third kappa shape index (κ3) is 5.42. The maximum atomic E-state index is 12.0. The molecule has 1 N–H and O–H groups in total. The Kier molecular flexibility index (Phi) is 7.40. The molecule has 0 spiro atoms. The van der Waals surface area contributed by atoms with Gasteiger partial charge >= 0.3 is 0 Å². The van der Waals surface area contributed by atoms with Crippen molar-refractivity contribution in [2.24, 2.45) is 5.92 Å². The first-order chi connectivity index (χ1) is 16.1. The summed E-state index contributed by atoms with van der Waals surface area (Å²) >= 11 is 1.43. The summed E-state index contributed by atoms with van der Waals surface area (Å²) in [5.41, 5.74) is 3.88. The zero-order valence-corrected chi connectivity index (χ0v) is 20.1. The summed E-state index contributed by atoms with van der Waals surface area (Å²) in [7, 11) is 0. The molecule has 0 aliphatic carbocycles. The van der Waals surface area contributed by atoms with Crippen LogP contribution in [0.15, 0.2) is 65.8 Å². The second kappa shape index (κ2) is 10.6. The van der Waals surface area contributed by atoms with Crippen molar-refractivity contribution < 1.29 is 4.79 Å². The van der Waals surface area contributed by atoms with Crippen molar-refractivity contribution >= 4 is 28.6 Å². The van der Waals surface area contributed by atoms with Crippen LogP contribution in [0.25, 0.3) is 33.5 Å². The van der Waals surface area contributed by atoms with Crippen LogP contribution in [-0.2, 0) is 11.3 Å². The number of nitrogens with zero attached hydrogens (tertiary/aromatic N) is 4. The second-order valence-electron chi connectivity index (χ2n) is 8.32. The van der Waals surface area contributed by atoms with Gasteiger partial charge in [-0.3, -0.25) is 4.79 Å². The van der Waals surface area contributed by atoms with Crippen molar-refractivity contribution in [1.82, 2.24) is 25.1 Å². The van der Waals surface area contributed by atoms with E-state index in [0.717, 1.165) is 51.7 Å². The van der Waals surface area contributed by atoms with E-state index in [9.17, 15) is 4.79 Å².